The van der Waals surface area contributed by atoms with E-state index in [4.69, 9.17) is 0 Å². The zero-order valence-corrected chi connectivity index (χ0v) is 13.5. The number of aryl methyl sites for hydroxylation is 2. The Kier molecular flexibility index (Phi) is 4.98. The number of anilines is 1. The van der Waals surface area contributed by atoms with Crippen LogP contribution in [-0.2, 0) is 14.6 Å². The van der Waals surface area contributed by atoms with Gasteiger partial charge in [0.05, 0.1) is 10.6 Å². The quantitative estimate of drug-likeness (QED) is 0.921. The summed E-state index contributed by atoms with van der Waals surface area (Å²) in [5.41, 5.74) is 2.79. The predicted octanol–water partition coefficient (Wildman–Crippen LogP) is 3.11. The highest BCUT2D eigenvalue weighted by molar-refractivity contribution is 7.91. The van der Waals surface area contributed by atoms with Crippen molar-refractivity contribution >= 4 is 21.4 Å². The fourth-order valence-electron chi connectivity index (χ4n) is 2.14. The van der Waals surface area contributed by atoms with Crippen LogP contribution in [0, 0.1) is 13.8 Å². The van der Waals surface area contributed by atoms with Crippen molar-refractivity contribution in [3.05, 3.63) is 59.7 Å². The number of nitrogens with one attached hydrogen (secondary N) is 1. The molecule has 1 amide bonds. The van der Waals surface area contributed by atoms with Gasteiger partial charge in [0.15, 0.2) is 9.84 Å². The number of sulfone groups is 1. The van der Waals surface area contributed by atoms with Crippen molar-refractivity contribution < 1.29 is 13.2 Å². The molecule has 0 heterocycles. The average Bonchev–Trinajstić information content (AvgIpc) is 2.49. The number of hydrogen-bond acceptors (Lipinski definition) is 3. The first-order valence-corrected chi connectivity index (χ1v) is 8.68. The molecule has 5 heteroatoms. The maximum absolute atomic E-state index is 12.1. The van der Waals surface area contributed by atoms with Crippen LogP contribution in [0.5, 0.6) is 0 Å². The van der Waals surface area contributed by atoms with Gasteiger partial charge in [0.25, 0.3) is 0 Å². The number of amides is 1. The van der Waals surface area contributed by atoms with Gasteiger partial charge in [0, 0.05) is 12.1 Å². The highest BCUT2D eigenvalue weighted by atomic mass is 32.2. The summed E-state index contributed by atoms with van der Waals surface area (Å²) in [5.74, 6) is -0.500. The molecule has 2 rings (SSSR count). The number of rotatable bonds is 5. The topological polar surface area (TPSA) is 63.2 Å². The third-order valence-corrected chi connectivity index (χ3v) is 5.09. The molecule has 0 fully saturated rings. The molecule has 0 aliphatic rings. The van der Waals surface area contributed by atoms with Crippen LogP contribution in [0.15, 0.2) is 53.4 Å². The van der Waals surface area contributed by atoms with E-state index in [-0.39, 0.29) is 23.0 Å². The lowest BCUT2D eigenvalue weighted by molar-refractivity contribution is -0.115. The summed E-state index contributed by atoms with van der Waals surface area (Å²) in [7, 11) is -3.43. The van der Waals surface area contributed by atoms with Crippen LogP contribution in [0.4, 0.5) is 5.69 Å². The van der Waals surface area contributed by atoms with E-state index in [0.717, 1.165) is 11.1 Å². The highest BCUT2D eigenvalue weighted by Crippen LogP contribution is 2.17. The first kappa shape index (κ1) is 16.2. The summed E-state index contributed by atoms with van der Waals surface area (Å²) in [4.78, 5) is 12.2. The maximum Gasteiger partial charge on any atom is 0.225 e. The summed E-state index contributed by atoms with van der Waals surface area (Å²) in [6, 6.07) is 13.9. The molecular formula is C17H19NO3S. The van der Waals surface area contributed by atoms with E-state index in [2.05, 4.69) is 5.32 Å². The minimum Gasteiger partial charge on any atom is -0.326 e. The Morgan fingerprint density at radius 3 is 2.36 bits per heavy atom. The van der Waals surface area contributed by atoms with Gasteiger partial charge in [-0.1, -0.05) is 35.9 Å². The molecule has 0 aromatic heterocycles. The maximum atomic E-state index is 12.1. The third-order valence-electron chi connectivity index (χ3n) is 3.36. The summed E-state index contributed by atoms with van der Waals surface area (Å²) in [5, 5.41) is 2.76. The molecule has 0 radical (unpaired) electrons. The molecule has 0 atom stereocenters. The molecule has 22 heavy (non-hydrogen) atoms. The Morgan fingerprint density at radius 2 is 1.73 bits per heavy atom. The molecular weight excluding hydrogens is 298 g/mol. The van der Waals surface area contributed by atoms with Gasteiger partial charge >= 0.3 is 0 Å². The SMILES string of the molecule is Cc1ccc(NC(=O)CCS(=O)(=O)c2ccccc2)c(C)c1. The Morgan fingerprint density at radius 1 is 1.05 bits per heavy atom. The van der Waals surface area contributed by atoms with Gasteiger partial charge in [0.2, 0.25) is 5.91 Å². The summed E-state index contributed by atoms with van der Waals surface area (Å²) >= 11 is 0. The molecule has 0 bridgehead atoms. The Balaban J connectivity index is 1.98. The van der Waals surface area contributed by atoms with Gasteiger partial charge < -0.3 is 5.32 Å². The summed E-state index contributed by atoms with van der Waals surface area (Å²) in [6.45, 7) is 3.88. The van der Waals surface area contributed by atoms with E-state index in [9.17, 15) is 13.2 Å². The minimum absolute atomic E-state index is 0.0649. The lowest BCUT2D eigenvalue weighted by atomic mass is 10.1. The van der Waals surface area contributed by atoms with Gasteiger partial charge in [-0.25, -0.2) is 8.42 Å². The Labute approximate surface area is 131 Å². The second-order valence-corrected chi connectivity index (χ2v) is 7.36. The van der Waals surface area contributed by atoms with Crippen molar-refractivity contribution in [1.29, 1.82) is 0 Å². The van der Waals surface area contributed by atoms with Crippen molar-refractivity contribution in [3.8, 4) is 0 Å². The molecule has 4 nitrogen and oxygen atoms in total. The molecule has 2 aromatic carbocycles. The molecule has 0 aliphatic heterocycles. The van der Waals surface area contributed by atoms with Gasteiger partial charge in [-0.15, -0.1) is 0 Å². The molecule has 116 valence electrons. The van der Waals surface area contributed by atoms with Crippen LogP contribution < -0.4 is 5.32 Å². The van der Waals surface area contributed by atoms with Crippen LogP contribution in [0.25, 0.3) is 0 Å². The molecule has 0 aliphatic carbocycles. The zero-order chi connectivity index (χ0) is 16.2. The molecule has 2 aromatic rings. The van der Waals surface area contributed by atoms with Crippen molar-refractivity contribution in [2.45, 2.75) is 25.2 Å². The average molecular weight is 317 g/mol. The van der Waals surface area contributed by atoms with Crippen LogP contribution in [0.2, 0.25) is 0 Å². The van der Waals surface area contributed by atoms with Gasteiger partial charge in [-0.3, -0.25) is 4.79 Å². The lowest BCUT2D eigenvalue weighted by Crippen LogP contribution is -2.18. The van der Waals surface area contributed by atoms with Crippen LogP contribution in [0.1, 0.15) is 17.5 Å². The first-order chi connectivity index (χ1) is 10.4. The van der Waals surface area contributed by atoms with E-state index in [0.29, 0.717) is 5.69 Å². The molecule has 0 saturated carbocycles. The largest absolute Gasteiger partial charge is 0.326 e. The minimum atomic E-state index is -3.43. The molecule has 0 spiro atoms. The van der Waals surface area contributed by atoms with E-state index in [1.807, 2.05) is 32.0 Å². The zero-order valence-electron chi connectivity index (χ0n) is 12.7. The van der Waals surface area contributed by atoms with Gasteiger partial charge in [-0.2, -0.15) is 0 Å². The Bertz CT molecular complexity index is 768. The fourth-order valence-corrected chi connectivity index (χ4v) is 3.40. The van der Waals surface area contributed by atoms with Gasteiger partial charge in [-0.05, 0) is 37.6 Å². The van der Waals surface area contributed by atoms with Crippen LogP contribution >= 0.6 is 0 Å². The molecule has 0 saturated heterocycles. The van der Waals surface area contributed by atoms with Gasteiger partial charge in [0.1, 0.15) is 0 Å². The third kappa shape index (κ3) is 4.18. The van der Waals surface area contributed by atoms with E-state index in [1.165, 1.54) is 12.1 Å². The van der Waals surface area contributed by atoms with Crippen molar-refractivity contribution in [3.63, 3.8) is 0 Å². The van der Waals surface area contributed by atoms with Crippen molar-refractivity contribution in [1.82, 2.24) is 0 Å². The van der Waals surface area contributed by atoms with Crippen LogP contribution in [-0.4, -0.2) is 20.1 Å². The smallest absolute Gasteiger partial charge is 0.225 e. The van der Waals surface area contributed by atoms with E-state index in [1.54, 1.807) is 18.2 Å². The predicted molar refractivity (Wildman–Crippen MR) is 87.7 cm³/mol. The van der Waals surface area contributed by atoms with Crippen LogP contribution in [0.3, 0.4) is 0 Å². The van der Waals surface area contributed by atoms with E-state index < -0.39 is 9.84 Å². The number of carbonyl (C=O) groups excluding carboxylic acids is 1. The highest BCUT2D eigenvalue weighted by Gasteiger charge is 2.16. The summed E-state index contributed by atoms with van der Waals surface area (Å²) < 4.78 is 24.2. The van der Waals surface area contributed by atoms with Crippen molar-refractivity contribution in [2.75, 3.05) is 11.1 Å². The normalized spacial score (nSPS) is 11.2. The van der Waals surface area contributed by atoms with Crippen molar-refractivity contribution in [2.24, 2.45) is 0 Å². The monoisotopic (exact) mass is 317 g/mol. The second kappa shape index (κ2) is 6.75. The number of carbonyl (C=O) groups is 1. The second-order valence-electron chi connectivity index (χ2n) is 5.25. The number of hydrogen-bond donors (Lipinski definition) is 1. The molecule has 0 unspecified atom stereocenters. The lowest BCUT2D eigenvalue weighted by Gasteiger charge is -2.09. The fraction of sp³-hybridized carbons (Fsp3) is 0.235. The molecule has 1 N–H and O–H groups in total. The first-order valence-electron chi connectivity index (χ1n) is 7.03. The summed E-state index contributed by atoms with van der Waals surface area (Å²) in [6.07, 6.45) is -0.0649. The standard InChI is InChI=1S/C17H19NO3S/c1-13-8-9-16(14(2)12-13)18-17(19)10-11-22(20,21)15-6-4-3-5-7-15/h3-9,12H,10-11H2,1-2H3,(H,18,19). The number of benzene rings is 2. The van der Waals surface area contributed by atoms with E-state index >= 15 is 0 Å². The Hall–Kier alpha value is -2.14.